The molecular weight excluding hydrogens is 238 g/mol. The van der Waals surface area contributed by atoms with Crippen LogP contribution in [0, 0.1) is 0 Å². The van der Waals surface area contributed by atoms with Crippen LogP contribution in [0.4, 0.5) is 0 Å². The highest BCUT2D eigenvalue weighted by Gasteiger charge is 2.37. The van der Waals surface area contributed by atoms with Crippen molar-refractivity contribution >= 4 is 11.0 Å². The molecule has 0 fully saturated rings. The molecule has 2 aromatic carbocycles. The van der Waals surface area contributed by atoms with E-state index >= 15 is 0 Å². The van der Waals surface area contributed by atoms with Crippen molar-refractivity contribution in [3.63, 3.8) is 0 Å². The molecule has 0 unspecified atom stereocenters. The van der Waals surface area contributed by atoms with Crippen molar-refractivity contribution in [2.45, 2.75) is 18.6 Å². The van der Waals surface area contributed by atoms with E-state index in [9.17, 15) is 5.11 Å². The summed E-state index contributed by atoms with van der Waals surface area (Å²) in [5.74, 6) is 0. The zero-order valence-corrected chi connectivity index (χ0v) is 10.3. The molecule has 2 heterocycles. The van der Waals surface area contributed by atoms with Gasteiger partial charge >= 0.3 is 0 Å². The first-order chi connectivity index (χ1) is 9.29. The van der Waals surface area contributed by atoms with Crippen molar-refractivity contribution in [2.75, 3.05) is 0 Å². The molecule has 4 nitrogen and oxygen atoms in total. The Morgan fingerprint density at radius 3 is 2.74 bits per heavy atom. The smallest absolute Gasteiger partial charge is 0.119 e. The third-order valence-electron chi connectivity index (χ3n) is 3.92. The minimum absolute atomic E-state index is 0.618. The number of aromatic nitrogens is 3. The summed E-state index contributed by atoms with van der Waals surface area (Å²) in [4.78, 5) is 0. The van der Waals surface area contributed by atoms with Crippen molar-refractivity contribution in [3.8, 4) is 0 Å². The molecule has 94 valence electrons. The monoisotopic (exact) mass is 251 g/mol. The van der Waals surface area contributed by atoms with Gasteiger partial charge in [0.2, 0.25) is 0 Å². The number of para-hydroxylation sites is 1. The zero-order chi connectivity index (χ0) is 12.9. The quantitative estimate of drug-likeness (QED) is 0.720. The molecule has 0 aliphatic carbocycles. The Morgan fingerprint density at radius 1 is 1.05 bits per heavy atom. The lowest BCUT2D eigenvalue weighted by Gasteiger charge is -2.33. The van der Waals surface area contributed by atoms with Crippen molar-refractivity contribution < 1.29 is 5.11 Å². The van der Waals surface area contributed by atoms with Gasteiger partial charge in [-0.25, -0.2) is 4.68 Å². The number of nitrogens with zero attached hydrogens (tertiary/aromatic N) is 3. The predicted molar refractivity (Wildman–Crippen MR) is 71.6 cm³/mol. The van der Waals surface area contributed by atoms with Crippen LogP contribution in [0.2, 0.25) is 0 Å². The molecule has 19 heavy (non-hydrogen) atoms. The van der Waals surface area contributed by atoms with E-state index in [4.69, 9.17) is 0 Å². The van der Waals surface area contributed by atoms with Gasteiger partial charge in [-0.1, -0.05) is 47.7 Å². The van der Waals surface area contributed by atoms with Gasteiger partial charge in [-0.15, -0.1) is 5.10 Å². The number of hydrogen-bond acceptors (Lipinski definition) is 3. The van der Waals surface area contributed by atoms with Crippen molar-refractivity contribution in [3.05, 3.63) is 59.7 Å². The van der Waals surface area contributed by atoms with Gasteiger partial charge in [-0.2, -0.15) is 0 Å². The summed E-state index contributed by atoms with van der Waals surface area (Å²) in [6, 6.07) is 15.6. The number of aryl methyl sites for hydroxylation is 1. The van der Waals surface area contributed by atoms with E-state index in [2.05, 4.69) is 10.3 Å². The second-order valence-electron chi connectivity index (χ2n) is 4.96. The number of benzene rings is 2. The molecule has 4 heteroatoms. The molecule has 1 aliphatic heterocycles. The Balaban J connectivity index is 2.03. The van der Waals surface area contributed by atoms with Gasteiger partial charge in [-0.3, -0.25) is 0 Å². The standard InChI is InChI=1S/C15H13N3O/c19-15(11-5-2-1-3-6-11)9-10-18-14-12(15)7-4-8-13(14)16-17-18/h1-8,19H,9-10H2/t15-/m1/s1. The third-order valence-corrected chi connectivity index (χ3v) is 3.92. The molecule has 4 rings (SSSR count). The Bertz CT molecular complexity index is 750. The summed E-state index contributed by atoms with van der Waals surface area (Å²) in [6.45, 7) is 0.679. The van der Waals surface area contributed by atoms with Crippen LogP contribution in [0.5, 0.6) is 0 Å². The number of aliphatic hydroxyl groups is 1. The van der Waals surface area contributed by atoms with E-state index in [1.165, 1.54) is 0 Å². The number of rotatable bonds is 1. The Kier molecular flexibility index (Phi) is 2.05. The van der Waals surface area contributed by atoms with Crippen LogP contribution in [0.25, 0.3) is 11.0 Å². The van der Waals surface area contributed by atoms with Crippen LogP contribution in [-0.4, -0.2) is 20.1 Å². The first kappa shape index (κ1) is 10.7. The van der Waals surface area contributed by atoms with Crippen LogP contribution in [0.1, 0.15) is 17.5 Å². The van der Waals surface area contributed by atoms with Crippen LogP contribution < -0.4 is 0 Å². The van der Waals surface area contributed by atoms with E-state index in [1.54, 1.807) is 0 Å². The zero-order valence-electron chi connectivity index (χ0n) is 10.3. The van der Waals surface area contributed by atoms with E-state index in [-0.39, 0.29) is 0 Å². The molecule has 0 bridgehead atoms. The average molecular weight is 251 g/mol. The summed E-state index contributed by atoms with van der Waals surface area (Å²) >= 11 is 0. The van der Waals surface area contributed by atoms with E-state index < -0.39 is 5.60 Å². The lowest BCUT2D eigenvalue weighted by molar-refractivity contribution is 0.0608. The molecule has 3 aromatic rings. The lowest BCUT2D eigenvalue weighted by atomic mass is 9.81. The molecule has 0 saturated heterocycles. The van der Waals surface area contributed by atoms with Gasteiger partial charge in [0.25, 0.3) is 0 Å². The summed E-state index contributed by atoms with van der Waals surface area (Å²) < 4.78 is 1.88. The molecule has 0 amide bonds. The largest absolute Gasteiger partial charge is 0.380 e. The molecule has 1 aliphatic rings. The summed E-state index contributed by atoms with van der Waals surface area (Å²) in [5, 5.41) is 19.4. The normalized spacial score (nSPS) is 21.7. The van der Waals surface area contributed by atoms with Crippen LogP contribution >= 0.6 is 0 Å². The molecule has 0 saturated carbocycles. The van der Waals surface area contributed by atoms with Crippen LogP contribution in [-0.2, 0) is 12.1 Å². The van der Waals surface area contributed by atoms with E-state index in [0.717, 1.165) is 22.2 Å². The van der Waals surface area contributed by atoms with E-state index in [1.807, 2.05) is 53.2 Å². The van der Waals surface area contributed by atoms with Crippen molar-refractivity contribution in [1.82, 2.24) is 15.0 Å². The predicted octanol–water partition coefficient (Wildman–Crippen LogP) is 2.07. The Labute approximate surface area is 110 Å². The van der Waals surface area contributed by atoms with Gasteiger partial charge in [-0.05, 0) is 11.6 Å². The maximum absolute atomic E-state index is 11.2. The highest BCUT2D eigenvalue weighted by atomic mass is 16.3. The first-order valence-electron chi connectivity index (χ1n) is 6.40. The highest BCUT2D eigenvalue weighted by Crippen LogP contribution is 2.40. The minimum Gasteiger partial charge on any atom is -0.380 e. The van der Waals surface area contributed by atoms with E-state index in [0.29, 0.717) is 13.0 Å². The van der Waals surface area contributed by atoms with Crippen LogP contribution in [0.3, 0.4) is 0 Å². The number of hydrogen-bond donors (Lipinski definition) is 1. The molecule has 0 radical (unpaired) electrons. The average Bonchev–Trinajstić information content (AvgIpc) is 2.89. The topological polar surface area (TPSA) is 50.9 Å². The van der Waals surface area contributed by atoms with Crippen molar-refractivity contribution in [1.29, 1.82) is 0 Å². The third kappa shape index (κ3) is 1.37. The van der Waals surface area contributed by atoms with Crippen molar-refractivity contribution in [2.24, 2.45) is 0 Å². The second kappa shape index (κ2) is 3.65. The molecule has 1 N–H and O–H groups in total. The molecule has 1 aromatic heterocycles. The molecule has 1 atom stereocenters. The van der Waals surface area contributed by atoms with Gasteiger partial charge in [0, 0.05) is 18.5 Å². The SMILES string of the molecule is O[C@@]1(c2ccccc2)CCn2nnc3cccc1c32. The lowest BCUT2D eigenvalue weighted by Crippen LogP contribution is -2.33. The summed E-state index contributed by atoms with van der Waals surface area (Å²) in [6.07, 6.45) is 0.618. The maximum Gasteiger partial charge on any atom is 0.119 e. The van der Waals surface area contributed by atoms with Gasteiger partial charge < -0.3 is 5.11 Å². The fraction of sp³-hybridized carbons (Fsp3) is 0.200. The first-order valence-corrected chi connectivity index (χ1v) is 6.40. The Hall–Kier alpha value is -2.20. The Morgan fingerprint density at radius 2 is 1.89 bits per heavy atom. The van der Waals surface area contributed by atoms with Gasteiger partial charge in [0.05, 0.1) is 5.52 Å². The summed E-state index contributed by atoms with van der Waals surface area (Å²) in [7, 11) is 0. The second-order valence-corrected chi connectivity index (χ2v) is 4.96. The fourth-order valence-electron chi connectivity index (χ4n) is 2.94. The summed E-state index contributed by atoms with van der Waals surface area (Å²) in [5.41, 5.74) is 2.66. The van der Waals surface area contributed by atoms with Crippen LogP contribution in [0.15, 0.2) is 48.5 Å². The molecule has 0 spiro atoms. The minimum atomic E-state index is -0.946. The highest BCUT2D eigenvalue weighted by molar-refractivity contribution is 5.80. The van der Waals surface area contributed by atoms with Gasteiger partial charge in [0.1, 0.15) is 11.1 Å². The molecular formula is C15H13N3O. The fourth-order valence-corrected chi connectivity index (χ4v) is 2.94. The maximum atomic E-state index is 11.2. The van der Waals surface area contributed by atoms with Gasteiger partial charge in [0.15, 0.2) is 0 Å².